The maximum absolute atomic E-state index is 13.3. The number of hydrogen-bond donors (Lipinski definition) is 2. The van der Waals surface area contributed by atoms with Gasteiger partial charge in [0.1, 0.15) is 5.69 Å². The number of nitrogen functional groups attached to an aromatic ring is 1. The van der Waals surface area contributed by atoms with Gasteiger partial charge in [0.15, 0.2) is 11.5 Å². The van der Waals surface area contributed by atoms with Crippen LogP contribution in [0.3, 0.4) is 0 Å². The molecule has 1 aromatic carbocycles. The highest BCUT2D eigenvalue weighted by Crippen LogP contribution is 2.32. The van der Waals surface area contributed by atoms with Crippen molar-refractivity contribution in [3.05, 3.63) is 71.2 Å². The van der Waals surface area contributed by atoms with Crippen LogP contribution in [0.1, 0.15) is 29.0 Å². The van der Waals surface area contributed by atoms with Crippen LogP contribution in [0, 0.1) is 0 Å². The van der Waals surface area contributed by atoms with Gasteiger partial charge in [-0.1, -0.05) is 35.9 Å². The van der Waals surface area contributed by atoms with Gasteiger partial charge in [0.25, 0.3) is 5.91 Å². The molecule has 0 fully saturated rings. The van der Waals surface area contributed by atoms with E-state index in [9.17, 15) is 18.0 Å². The topological polar surface area (TPSA) is 90.8 Å². The Balaban J connectivity index is 1.76. The van der Waals surface area contributed by atoms with Crippen LogP contribution in [0.25, 0.3) is 11.4 Å². The van der Waals surface area contributed by atoms with Gasteiger partial charge in [-0.2, -0.15) is 23.4 Å². The molecule has 7 nitrogen and oxygen atoms in total. The lowest BCUT2D eigenvalue weighted by Crippen LogP contribution is -2.20. The first-order valence-corrected chi connectivity index (χ1v) is 9.56. The number of aromatic nitrogens is 4. The molecular weight excluding hydrogens is 433 g/mol. The highest BCUT2D eigenvalue weighted by atomic mass is 35.5. The highest BCUT2D eigenvalue weighted by molar-refractivity contribution is 6.32. The Morgan fingerprint density at radius 3 is 2.68 bits per heavy atom. The van der Waals surface area contributed by atoms with Gasteiger partial charge in [0.05, 0.1) is 22.6 Å². The zero-order chi connectivity index (χ0) is 22.2. The second kappa shape index (κ2) is 7.95. The molecule has 0 bridgehead atoms. The van der Waals surface area contributed by atoms with Crippen LogP contribution in [0.4, 0.5) is 24.7 Å². The summed E-state index contributed by atoms with van der Waals surface area (Å²) in [4.78, 5) is 13.0. The van der Waals surface area contributed by atoms with E-state index in [0.29, 0.717) is 12.5 Å². The third kappa shape index (κ3) is 4.06. The van der Waals surface area contributed by atoms with Crippen molar-refractivity contribution >= 4 is 34.7 Å². The number of carbonyl (C=O) groups is 1. The quantitative estimate of drug-likeness (QED) is 0.601. The first kappa shape index (κ1) is 20.7. The van der Waals surface area contributed by atoms with Crippen molar-refractivity contribution in [2.75, 3.05) is 11.1 Å². The summed E-state index contributed by atoms with van der Waals surface area (Å²) in [6, 6.07) is 6.81. The van der Waals surface area contributed by atoms with Crippen LogP contribution < -0.4 is 11.1 Å². The summed E-state index contributed by atoms with van der Waals surface area (Å²) in [5.74, 6) is -0.685. The summed E-state index contributed by atoms with van der Waals surface area (Å²) < 4.78 is 42.3. The second-order valence-electron chi connectivity index (χ2n) is 6.72. The van der Waals surface area contributed by atoms with Crippen molar-refractivity contribution in [1.29, 1.82) is 0 Å². The molecule has 3 N–H and O–H groups in total. The second-order valence-corrected chi connectivity index (χ2v) is 7.12. The fraction of sp³-hybridized carbons (Fsp3) is 0.150. The monoisotopic (exact) mass is 448 g/mol. The molecule has 2 aromatic heterocycles. The molecule has 0 atom stereocenters. The van der Waals surface area contributed by atoms with E-state index < -0.39 is 17.8 Å². The van der Waals surface area contributed by atoms with Crippen LogP contribution in [-0.4, -0.2) is 25.5 Å². The Morgan fingerprint density at radius 2 is 2.00 bits per heavy atom. The minimum atomic E-state index is -4.75. The number of anilines is 2. The molecule has 3 aromatic rings. The van der Waals surface area contributed by atoms with Gasteiger partial charge in [0, 0.05) is 11.8 Å². The molecule has 1 aliphatic rings. The SMILES string of the molecule is Nc1cnn(C2=CC=CCC2)c1NC(=O)c1cc(C(F)(F)F)nn1-c1ccccc1Cl. The summed E-state index contributed by atoms with van der Waals surface area (Å²) in [5.41, 5.74) is 5.46. The van der Waals surface area contributed by atoms with E-state index >= 15 is 0 Å². The van der Waals surface area contributed by atoms with Crippen LogP contribution in [0.2, 0.25) is 5.02 Å². The number of benzene rings is 1. The Labute approximate surface area is 179 Å². The molecule has 31 heavy (non-hydrogen) atoms. The number of rotatable bonds is 4. The maximum atomic E-state index is 13.3. The molecule has 4 rings (SSSR count). The van der Waals surface area contributed by atoms with Gasteiger partial charge < -0.3 is 11.1 Å². The lowest BCUT2D eigenvalue weighted by Gasteiger charge is -2.14. The fourth-order valence-corrected chi connectivity index (χ4v) is 3.35. The van der Waals surface area contributed by atoms with Crippen molar-refractivity contribution in [2.45, 2.75) is 19.0 Å². The molecule has 160 valence electrons. The van der Waals surface area contributed by atoms with Gasteiger partial charge in [-0.15, -0.1) is 0 Å². The fourth-order valence-electron chi connectivity index (χ4n) is 3.13. The lowest BCUT2D eigenvalue weighted by atomic mass is 10.1. The van der Waals surface area contributed by atoms with E-state index in [-0.39, 0.29) is 27.9 Å². The third-order valence-corrected chi connectivity index (χ3v) is 4.93. The number of hydrogen-bond acceptors (Lipinski definition) is 4. The van der Waals surface area contributed by atoms with Gasteiger partial charge in [0.2, 0.25) is 0 Å². The molecule has 0 saturated carbocycles. The van der Waals surface area contributed by atoms with Crippen LogP contribution in [0.5, 0.6) is 0 Å². The first-order valence-electron chi connectivity index (χ1n) is 9.19. The summed E-state index contributed by atoms with van der Waals surface area (Å²) >= 11 is 6.13. The van der Waals surface area contributed by atoms with Crippen LogP contribution in [0.15, 0.2) is 54.8 Å². The zero-order valence-corrected chi connectivity index (χ0v) is 16.7. The Bertz CT molecular complexity index is 1210. The molecule has 0 spiro atoms. The average molecular weight is 449 g/mol. The number of alkyl halides is 3. The molecule has 1 amide bonds. The molecule has 2 heterocycles. The summed E-state index contributed by atoms with van der Waals surface area (Å²) in [6.07, 6.45) is 3.72. The van der Waals surface area contributed by atoms with Crippen molar-refractivity contribution in [2.24, 2.45) is 0 Å². The number of nitrogens with zero attached hydrogens (tertiary/aromatic N) is 4. The van der Waals surface area contributed by atoms with E-state index in [1.165, 1.54) is 23.0 Å². The molecule has 11 heteroatoms. The predicted molar refractivity (Wildman–Crippen MR) is 111 cm³/mol. The van der Waals surface area contributed by atoms with Crippen molar-refractivity contribution in [1.82, 2.24) is 19.6 Å². The minimum absolute atomic E-state index is 0.131. The molecule has 0 radical (unpaired) electrons. The number of halogens is 4. The summed E-state index contributed by atoms with van der Waals surface area (Å²) in [6.45, 7) is 0. The Hall–Kier alpha value is -3.53. The molecule has 0 saturated heterocycles. The lowest BCUT2D eigenvalue weighted by molar-refractivity contribution is -0.141. The van der Waals surface area contributed by atoms with E-state index in [0.717, 1.165) is 16.8 Å². The normalized spacial score (nSPS) is 13.9. The Morgan fingerprint density at radius 1 is 1.23 bits per heavy atom. The number of amides is 1. The summed E-state index contributed by atoms with van der Waals surface area (Å²) in [5, 5.41) is 10.4. The number of nitrogens with two attached hydrogens (primary N) is 1. The number of para-hydroxylation sites is 1. The number of allylic oxidation sites excluding steroid dienone is 4. The van der Waals surface area contributed by atoms with Gasteiger partial charge in [-0.25, -0.2) is 9.36 Å². The smallest absolute Gasteiger partial charge is 0.394 e. The van der Waals surface area contributed by atoms with Gasteiger partial charge in [-0.3, -0.25) is 4.79 Å². The highest BCUT2D eigenvalue weighted by Gasteiger charge is 2.36. The number of carbonyl (C=O) groups excluding carboxylic acids is 1. The third-order valence-electron chi connectivity index (χ3n) is 4.61. The van der Waals surface area contributed by atoms with Crippen molar-refractivity contribution in [3.8, 4) is 5.69 Å². The minimum Gasteiger partial charge on any atom is -0.394 e. The van der Waals surface area contributed by atoms with Crippen molar-refractivity contribution in [3.63, 3.8) is 0 Å². The maximum Gasteiger partial charge on any atom is 0.435 e. The van der Waals surface area contributed by atoms with Gasteiger partial charge in [-0.05, 0) is 31.1 Å². The van der Waals surface area contributed by atoms with Gasteiger partial charge >= 0.3 is 6.18 Å². The molecule has 0 aliphatic heterocycles. The molecule has 1 aliphatic carbocycles. The molecular formula is C20H16ClF3N6O. The van der Waals surface area contributed by atoms with Crippen molar-refractivity contribution < 1.29 is 18.0 Å². The Kier molecular flexibility index (Phi) is 5.32. The average Bonchev–Trinajstić information content (AvgIpc) is 3.34. The first-order chi connectivity index (χ1) is 14.8. The molecule has 0 unspecified atom stereocenters. The van der Waals surface area contributed by atoms with Crippen LogP contribution in [-0.2, 0) is 6.18 Å². The standard InChI is InChI=1S/C20H16ClF3N6O/c21-13-8-4-5-9-15(13)30-16(10-17(28-30)20(22,23)24)19(31)27-18-14(25)11-26-29(18)12-6-2-1-3-7-12/h1-2,4-6,8-11H,3,7,25H2,(H,27,31). The zero-order valence-electron chi connectivity index (χ0n) is 15.9. The number of nitrogens with one attached hydrogen (secondary N) is 1. The predicted octanol–water partition coefficient (Wildman–Crippen LogP) is 4.77. The van der Waals surface area contributed by atoms with E-state index in [1.54, 1.807) is 12.1 Å². The van der Waals surface area contributed by atoms with E-state index in [1.807, 2.05) is 18.2 Å². The van der Waals surface area contributed by atoms with E-state index in [2.05, 4.69) is 15.5 Å². The van der Waals surface area contributed by atoms with E-state index in [4.69, 9.17) is 17.3 Å². The largest absolute Gasteiger partial charge is 0.435 e. The van der Waals surface area contributed by atoms with Crippen LogP contribution >= 0.6 is 11.6 Å². The summed E-state index contributed by atoms with van der Waals surface area (Å²) in [7, 11) is 0.